The van der Waals surface area contributed by atoms with Gasteiger partial charge < -0.3 is 9.64 Å². The van der Waals surface area contributed by atoms with Crippen LogP contribution in [0.25, 0.3) is 0 Å². The predicted molar refractivity (Wildman–Crippen MR) is 66.9 cm³/mol. The number of aromatic nitrogens is 2. The van der Waals surface area contributed by atoms with Crippen LogP contribution < -0.4 is 4.90 Å². The van der Waals surface area contributed by atoms with Gasteiger partial charge in [0, 0.05) is 38.0 Å². The second-order valence-electron chi connectivity index (χ2n) is 3.46. The first-order valence-electron chi connectivity index (χ1n) is 4.74. The maximum absolute atomic E-state index is 5.07. The summed E-state index contributed by atoms with van der Waals surface area (Å²) >= 11 is 3.26. The lowest BCUT2D eigenvalue weighted by Crippen LogP contribution is -2.08. The lowest BCUT2D eigenvalue weighted by Gasteiger charge is -2.07. The van der Waals surface area contributed by atoms with Gasteiger partial charge in [-0.25, -0.2) is 4.98 Å². The summed E-state index contributed by atoms with van der Waals surface area (Å²) in [7, 11) is 5.68. The standard InChI is InChI=1S/C9H17N3OS2/c1-7(5-13-4)14-6-8-10-9(12(2)3)15-11-8/h7H,5-6H2,1-4H3/t7-/m0/s1. The van der Waals surface area contributed by atoms with Crippen molar-refractivity contribution in [1.82, 2.24) is 9.36 Å². The highest BCUT2D eigenvalue weighted by molar-refractivity contribution is 7.99. The van der Waals surface area contributed by atoms with E-state index in [1.807, 2.05) is 30.8 Å². The molecule has 1 atom stereocenters. The molecule has 0 spiro atoms. The molecule has 0 radical (unpaired) electrons. The van der Waals surface area contributed by atoms with Crippen LogP contribution >= 0.6 is 23.3 Å². The van der Waals surface area contributed by atoms with Crippen LogP contribution in [0.5, 0.6) is 0 Å². The second-order valence-corrected chi connectivity index (χ2v) is 5.62. The van der Waals surface area contributed by atoms with Crippen molar-refractivity contribution in [3.8, 4) is 0 Å². The van der Waals surface area contributed by atoms with Crippen molar-refractivity contribution in [2.45, 2.75) is 17.9 Å². The molecule has 0 aromatic carbocycles. The Hall–Kier alpha value is -0.330. The second kappa shape index (κ2) is 6.30. The summed E-state index contributed by atoms with van der Waals surface area (Å²) < 4.78 is 9.36. The van der Waals surface area contributed by atoms with Crippen LogP contribution in [0, 0.1) is 0 Å². The Balaban J connectivity index is 2.37. The van der Waals surface area contributed by atoms with E-state index >= 15 is 0 Å². The highest BCUT2D eigenvalue weighted by atomic mass is 32.2. The van der Waals surface area contributed by atoms with Crippen LogP contribution in [0.1, 0.15) is 12.7 Å². The van der Waals surface area contributed by atoms with Gasteiger partial charge in [-0.3, -0.25) is 0 Å². The van der Waals surface area contributed by atoms with Crippen LogP contribution in [0.4, 0.5) is 5.13 Å². The van der Waals surface area contributed by atoms with E-state index in [-0.39, 0.29) is 0 Å². The molecule has 0 saturated heterocycles. The third kappa shape index (κ3) is 4.36. The zero-order chi connectivity index (χ0) is 11.3. The molecule has 1 heterocycles. The van der Waals surface area contributed by atoms with Gasteiger partial charge in [0.2, 0.25) is 5.13 Å². The fourth-order valence-corrected chi connectivity index (χ4v) is 2.46. The lowest BCUT2D eigenvalue weighted by molar-refractivity contribution is 0.203. The first-order valence-corrected chi connectivity index (χ1v) is 6.56. The number of hydrogen-bond acceptors (Lipinski definition) is 6. The molecule has 0 amide bonds. The van der Waals surface area contributed by atoms with E-state index < -0.39 is 0 Å². The summed E-state index contributed by atoms with van der Waals surface area (Å²) in [6.07, 6.45) is 0. The molecule has 1 aromatic rings. The van der Waals surface area contributed by atoms with Crippen molar-refractivity contribution in [1.29, 1.82) is 0 Å². The van der Waals surface area contributed by atoms with Crippen LogP contribution in [0.3, 0.4) is 0 Å². The quantitative estimate of drug-likeness (QED) is 0.767. The van der Waals surface area contributed by atoms with Gasteiger partial charge in [0.05, 0.1) is 12.4 Å². The summed E-state index contributed by atoms with van der Waals surface area (Å²) in [4.78, 5) is 6.39. The molecule has 0 aliphatic rings. The number of nitrogens with zero attached hydrogens (tertiary/aromatic N) is 3. The van der Waals surface area contributed by atoms with Crippen molar-refractivity contribution < 1.29 is 4.74 Å². The van der Waals surface area contributed by atoms with Crippen molar-refractivity contribution >= 4 is 28.4 Å². The van der Waals surface area contributed by atoms with Crippen molar-refractivity contribution in [3.05, 3.63) is 5.82 Å². The van der Waals surface area contributed by atoms with E-state index in [2.05, 4.69) is 16.3 Å². The minimum atomic E-state index is 0.487. The Kier molecular flexibility index (Phi) is 5.35. The Morgan fingerprint density at radius 2 is 2.27 bits per heavy atom. The van der Waals surface area contributed by atoms with Crippen molar-refractivity contribution in [3.63, 3.8) is 0 Å². The number of ether oxygens (including phenoxy) is 1. The molecule has 1 aromatic heterocycles. The van der Waals surface area contributed by atoms with Gasteiger partial charge in [0.1, 0.15) is 0 Å². The molecule has 0 bridgehead atoms. The molecule has 4 nitrogen and oxygen atoms in total. The fourth-order valence-electron chi connectivity index (χ4n) is 0.985. The number of anilines is 1. The van der Waals surface area contributed by atoms with Crippen LogP contribution in [0.2, 0.25) is 0 Å². The molecule has 0 saturated carbocycles. The number of methoxy groups -OCH3 is 1. The number of thioether (sulfide) groups is 1. The third-order valence-corrected chi connectivity index (χ3v) is 3.79. The van der Waals surface area contributed by atoms with E-state index in [4.69, 9.17) is 4.74 Å². The summed E-state index contributed by atoms with van der Waals surface area (Å²) in [5.74, 6) is 1.77. The van der Waals surface area contributed by atoms with Gasteiger partial charge >= 0.3 is 0 Å². The average Bonchev–Trinajstić information content (AvgIpc) is 2.63. The van der Waals surface area contributed by atoms with E-state index in [0.29, 0.717) is 5.25 Å². The Morgan fingerprint density at radius 1 is 1.53 bits per heavy atom. The first kappa shape index (κ1) is 12.7. The number of hydrogen-bond donors (Lipinski definition) is 0. The Labute approximate surface area is 99.2 Å². The van der Waals surface area contributed by atoms with Crippen molar-refractivity contribution in [2.75, 3.05) is 32.7 Å². The van der Waals surface area contributed by atoms with E-state index in [9.17, 15) is 0 Å². The molecule has 0 fully saturated rings. The van der Waals surface area contributed by atoms with Gasteiger partial charge in [-0.15, -0.1) is 11.8 Å². The molecule has 15 heavy (non-hydrogen) atoms. The maximum atomic E-state index is 5.07. The highest BCUT2D eigenvalue weighted by Gasteiger charge is 2.08. The van der Waals surface area contributed by atoms with Gasteiger partial charge in [-0.2, -0.15) is 4.37 Å². The van der Waals surface area contributed by atoms with Crippen molar-refractivity contribution in [2.24, 2.45) is 0 Å². The molecular formula is C9H17N3OS2. The molecule has 1 rings (SSSR count). The van der Waals surface area contributed by atoms with Crippen LogP contribution in [-0.2, 0) is 10.5 Å². The minimum Gasteiger partial charge on any atom is -0.384 e. The Bertz CT molecular complexity index is 291. The minimum absolute atomic E-state index is 0.487. The zero-order valence-corrected chi connectivity index (χ0v) is 11.2. The van der Waals surface area contributed by atoms with E-state index in [1.54, 1.807) is 7.11 Å². The van der Waals surface area contributed by atoms with Gasteiger partial charge in [-0.05, 0) is 0 Å². The van der Waals surface area contributed by atoms with Gasteiger partial charge in [-0.1, -0.05) is 6.92 Å². The normalized spacial score (nSPS) is 12.8. The zero-order valence-electron chi connectivity index (χ0n) is 9.56. The molecule has 0 N–H and O–H groups in total. The van der Waals surface area contributed by atoms with E-state index in [1.165, 1.54) is 11.5 Å². The molecule has 86 valence electrons. The Morgan fingerprint density at radius 3 is 2.80 bits per heavy atom. The van der Waals surface area contributed by atoms with Crippen LogP contribution in [-0.4, -0.2) is 42.4 Å². The third-order valence-electron chi connectivity index (χ3n) is 1.74. The summed E-state index contributed by atoms with van der Waals surface area (Å²) in [5, 5.41) is 1.45. The molecule has 0 unspecified atom stereocenters. The summed E-state index contributed by atoms with van der Waals surface area (Å²) in [6.45, 7) is 2.92. The smallest absolute Gasteiger partial charge is 0.204 e. The van der Waals surface area contributed by atoms with Gasteiger partial charge in [0.25, 0.3) is 0 Å². The largest absolute Gasteiger partial charge is 0.384 e. The monoisotopic (exact) mass is 247 g/mol. The van der Waals surface area contributed by atoms with E-state index in [0.717, 1.165) is 23.3 Å². The van der Waals surface area contributed by atoms with Gasteiger partial charge in [0.15, 0.2) is 5.82 Å². The molecule has 0 aliphatic carbocycles. The molecular weight excluding hydrogens is 230 g/mol. The highest BCUT2D eigenvalue weighted by Crippen LogP contribution is 2.20. The fraction of sp³-hybridized carbons (Fsp3) is 0.778. The molecule has 0 aliphatic heterocycles. The molecule has 6 heteroatoms. The summed E-state index contributed by atoms with van der Waals surface area (Å²) in [6, 6.07) is 0. The predicted octanol–water partition coefficient (Wildman–Crippen LogP) is 1.87. The lowest BCUT2D eigenvalue weighted by atomic mass is 10.5. The average molecular weight is 247 g/mol. The maximum Gasteiger partial charge on any atom is 0.204 e. The summed E-state index contributed by atoms with van der Waals surface area (Å²) in [5.41, 5.74) is 0. The SMILES string of the molecule is COC[C@H](C)SCc1nsc(N(C)C)n1. The van der Waals surface area contributed by atoms with Crippen LogP contribution in [0.15, 0.2) is 0 Å². The topological polar surface area (TPSA) is 38.2 Å². The number of rotatable bonds is 6. The first-order chi connectivity index (χ1) is 7.13.